The summed E-state index contributed by atoms with van der Waals surface area (Å²) in [5, 5.41) is 20.4. The second-order valence-corrected chi connectivity index (χ2v) is 6.92. The zero-order valence-corrected chi connectivity index (χ0v) is 12.4. The number of nitrogens with zero attached hydrogens (tertiary/aromatic N) is 2. The second kappa shape index (κ2) is 5.32. The molecule has 7 nitrogen and oxygen atoms in total. The molecule has 9 heteroatoms. The number of sulfonamides is 1. The van der Waals surface area contributed by atoms with Crippen LogP contribution < -0.4 is 0 Å². The van der Waals surface area contributed by atoms with Crippen molar-refractivity contribution in [3.63, 3.8) is 0 Å². The summed E-state index contributed by atoms with van der Waals surface area (Å²) in [6.07, 6.45) is -0.448. The van der Waals surface area contributed by atoms with E-state index in [0.717, 1.165) is 10.4 Å². The monoisotopic (exact) mass is 318 g/mol. The largest absolute Gasteiger partial charge is 0.392 e. The predicted octanol–water partition coefficient (Wildman–Crippen LogP) is 1.11. The second-order valence-electron chi connectivity index (χ2n) is 5.04. The zero-order chi connectivity index (χ0) is 15.9. The van der Waals surface area contributed by atoms with Gasteiger partial charge in [-0.25, -0.2) is 8.42 Å². The van der Waals surface area contributed by atoms with Gasteiger partial charge in [-0.15, -0.1) is 0 Å². The molecular weight excluding hydrogens is 303 g/mol. The number of hydrogen-bond donors (Lipinski definition) is 1. The number of hydrogen-bond acceptors (Lipinski definition) is 5. The van der Waals surface area contributed by atoms with Gasteiger partial charge >= 0.3 is 5.69 Å². The van der Waals surface area contributed by atoms with Crippen LogP contribution in [0.25, 0.3) is 0 Å². The summed E-state index contributed by atoms with van der Waals surface area (Å²) in [6.45, 7) is 2.67. The fraction of sp³-hybridized carbons (Fsp3) is 0.500. The first-order valence-corrected chi connectivity index (χ1v) is 7.72. The molecule has 1 heterocycles. The summed E-state index contributed by atoms with van der Waals surface area (Å²) in [4.78, 5) is 9.74. The molecule has 1 atom stereocenters. The van der Waals surface area contributed by atoms with Gasteiger partial charge in [-0.2, -0.15) is 8.70 Å². The van der Waals surface area contributed by atoms with Gasteiger partial charge in [0.15, 0.2) is 0 Å². The summed E-state index contributed by atoms with van der Waals surface area (Å²) in [5.74, 6) is -1.06. The molecule has 1 aliphatic rings. The van der Waals surface area contributed by atoms with Crippen LogP contribution in [0.1, 0.15) is 17.5 Å². The maximum absolute atomic E-state index is 13.7. The lowest BCUT2D eigenvalue weighted by Gasteiger charge is -2.19. The first-order valence-electron chi connectivity index (χ1n) is 6.28. The van der Waals surface area contributed by atoms with E-state index >= 15 is 0 Å². The molecule has 1 saturated heterocycles. The van der Waals surface area contributed by atoms with E-state index in [9.17, 15) is 28.0 Å². The number of aryl methyl sites for hydroxylation is 1. The number of halogens is 1. The Balaban J connectivity index is 2.64. The Morgan fingerprint density at radius 3 is 2.57 bits per heavy atom. The number of rotatable bonds is 3. The highest BCUT2D eigenvalue weighted by atomic mass is 32.2. The van der Waals surface area contributed by atoms with Crippen LogP contribution in [0.15, 0.2) is 11.0 Å². The van der Waals surface area contributed by atoms with Crippen molar-refractivity contribution in [2.45, 2.75) is 31.3 Å². The molecule has 0 spiro atoms. The molecular formula is C12H15FN2O5S. The van der Waals surface area contributed by atoms with Crippen molar-refractivity contribution in [2.24, 2.45) is 0 Å². The van der Waals surface area contributed by atoms with E-state index in [0.29, 0.717) is 6.42 Å². The molecule has 116 valence electrons. The highest BCUT2D eigenvalue weighted by Crippen LogP contribution is 2.33. The van der Waals surface area contributed by atoms with E-state index in [-0.39, 0.29) is 29.1 Å². The SMILES string of the molecule is Cc1cc(F)c([N+](=O)[O-])c(C)c1S(=O)(=O)N1CC[C@H](O)C1. The molecule has 2 rings (SSSR count). The molecule has 1 aromatic carbocycles. The average Bonchev–Trinajstić information content (AvgIpc) is 2.74. The third-order valence-corrected chi connectivity index (χ3v) is 5.69. The van der Waals surface area contributed by atoms with Crippen molar-refractivity contribution in [1.82, 2.24) is 4.31 Å². The number of nitro groups is 1. The first kappa shape index (κ1) is 15.8. The first-order chi connectivity index (χ1) is 9.66. The molecule has 0 radical (unpaired) electrons. The molecule has 0 saturated carbocycles. The van der Waals surface area contributed by atoms with E-state index in [1.165, 1.54) is 13.8 Å². The molecule has 0 amide bonds. The van der Waals surface area contributed by atoms with Gasteiger partial charge in [0.05, 0.1) is 21.5 Å². The molecule has 0 aliphatic carbocycles. The van der Waals surface area contributed by atoms with Gasteiger partial charge < -0.3 is 5.11 Å². The lowest BCUT2D eigenvalue weighted by atomic mass is 10.1. The van der Waals surface area contributed by atoms with E-state index in [4.69, 9.17) is 0 Å². The van der Waals surface area contributed by atoms with Crippen molar-refractivity contribution in [3.05, 3.63) is 33.1 Å². The summed E-state index contributed by atoms with van der Waals surface area (Å²) >= 11 is 0. The van der Waals surface area contributed by atoms with Gasteiger partial charge in [-0.1, -0.05) is 0 Å². The van der Waals surface area contributed by atoms with Gasteiger partial charge in [0.25, 0.3) is 0 Å². The minimum Gasteiger partial charge on any atom is -0.392 e. The summed E-state index contributed by atoms with van der Waals surface area (Å²) in [7, 11) is -4.00. The van der Waals surface area contributed by atoms with E-state index < -0.39 is 32.6 Å². The Hall–Kier alpha value is -1.58. The van der Waals surface area contributed by atoms with Gasteiger partial charge in [0.1, 0.15) is 0 Å². The topological polar surface area (TPSA) is 101 Å². The molecule has 1 aromatic rings. The Kier molecular flexibility index (Phi) is 4.00. The maximum atomic E-state index is 13.7. The van der Waals surface area contributed by atoms with E-state index in [1.807, 2.05) is 0 Å². The Morgan fingerprint density at radius 1 is 1.48 bits per heavy atom. The summed E-state index contributed by atoms with van der Waals surface area (Å²) in [6, 6.07) is 0.852. The van der Waals surface area contributed by atoms with Gasteiger partial charge in [-0.3, -0.25) is 10.1 Å². The highest BCUT2D eigenvalue weighted by Gasteiger charge is 2.36. The van der Waals surface area contributed by atoms with Gasteiger partial charge in [-0.05, 0) is 31.9 Å². The minimum atomic E-state index is -4.00. The molecule has 0 aromatic heterocycles. The van der Waals surface area contributed by atoms with Gasteiger partial charge in [0, 0.05) is 13.1 Å². The highest BCUT2D eigenvalue weighted by molar-refractivity contribution is 7.89. The van der Waals surface area contributed by atoms with E-state index in [1.54, 1.807) is 0 Å². The van der Waals surface area contributed by atoms with Crippen LogP contribution in [0.4, 0.5) is 10.1 Å². The van der Waals surface area contributed by atoms with Crippen LogP contribution in [0.2, 0.25) is 0 Å². The zero-order valence-electron chi connectivity index (χ0n) is 11.5. The van der Waals surface area contributed by atoms with Crippen LogP contribution in [-0.4, -0.2) is 41.9 Å². The average molecular weight is 318 g/mol. The lowest BCUT2D eigenvalue weighted by Crippen LogP contribution is -2.31. The lowest BCUT2D eigenvalue weighted by molar-refractivity contribution is -0.388. The normalized spacial score (nSPS) is 19.9. The quantitative estimate of drug-likeness (QED) is 0.664. The van der Waals surface area contributed by atoms with Crippen LogP contribution in [0.3, 0.4) is 0 Å². The molecule has 21 heavy (non-hydrogen) atoms. The van der Waals surface area contributed by atoms with Crippen LogP contribution in [0.5, 0.6) is 0 Å². The molecule has 0 bridgehead atoms. The Labute approximate surface area is 121 Å². The van der Waals surface area contributed by atoms with Crippen LogP contribution >= 0.6 is 0 Å². The molecule has 1 aliphatic heterocycles. The Morgan fingerprint density at radius 2 is 2.10 bits per heavy atom. The number of nitro benzene ring substituents is 1. The summed E-state index contributed by atoms with van der Waals surface area (Å²) in [5.41, 5.74) is -0.949. The van der Waals surface area contributed by atoms with Crippen LogP contribution in [-0.2, 0) is 10.0 Å². The molecule has 1 N–H and O–H groups in total. The third kappa shape index (κ3) is 2.63. The van der Waals surface area contributed by atoms with Crippen molar-refractivity contribution in [3.8, 4) is 0 Å². The predicted molar refractivity (Wildman–Crippen MR) is 71.9 cm³/mol. The molecule has 1 fully saturated rings. The number of aliphatic hydroxyl groups excluding tert-OH is 1. The number of aliphatic hydroxyl groups is 1. The van der Waals surface area contributed by atoms with Gasteiger partial charge in [0.2, 0.25) is 15.8 Å². The van der Waals surface area contributed by atoms with Crippen molar-refractivity contribution in [2.75, 3.05) is 13.1 Å². The third-order valence-electron chi connectivity index (χ3n) is 3.53. The van der Waals surface area contributed by atoms with E-state index in [2.05, 4.69) is 0 Å². The van der Waals surface area contributed by atoms with Crippen molar-refractivity contribution >= 4 is 15.7 Å². The fourth-order valence-electron chi connectivity index (χ4n) is 2.59. The minimum absolute atomic E-state index is 0.0631. The number of β-amino-alcohol motifs (C(OH)–C–C–N with tert-alkyl or cyclic N) is 1. The van der Waals surface area contributed by atoms with Crippen molar-refractivity contribution < 1.29 is 22.8 Å². The Bertz CT molecular complexity index is 704. The smallest absolute Gasteiger partial charge is 0.309 e. The fourth-order valence-corrected chi connectivity index (χ4v) is 4.51. The molecule has 0 unspecified atom stereocenters. The number of benzene rings is 1. The van der Waals surface area contributed by atoms with Crippen LogP contribution in [0, 0.1) is 29.8 Å². The maximum Gasteiger partial charge on any atom is 0.309 e. The van der Waals surface area contributed by atoms with Crippen molar-refractivity contribution in [1.29, 1.82) is 0 Å². The summed E-state index contributed by atoms with van der Waals surface area (Å²) < 4.78 is 39.9. The standard InChI is InChI=1S/C12H15FN2O5S/c1-7-5-10(13)11(15(17)18)8(2)12(7)21(19,20)14-4-3-9(16)6-14/h5,9,16H,3-4,6H2,1-2H3/t9-/m0/s1.